The van der Waals surface area contributed by atoms with Gasteiger partial charge < -0.3 is 4.74 Å². The molecule has 0 aromatic carbocycles. The van der Waals surface area contributed by atoms with E-state index in [1.54, 1.807) is 13.1 Å². The van der Waals surface area contributed by atoms with Crippen LogP contribution in [-0.4, -0.2) is 38.1 Å². The number of ether oxygens (including phenoxy) is 1. The van der Waals surface area contributed by atoms with Gasteiger partial charge in [0.25, 0.3) is 0 Å². The summed E-state index contributed by atoms with van der Waals surface area (Å²) in [6.45, 7) is 6.98. The summed E-state index contributed by atoms with van der Waals surface area (Å²) in [4.78, 5) is 20.0. The third-order valence-electron chi connectivity index (χ3n) is 2.80. The summed E-state index contributed by atoms with van der Waals surface area (Å²) >= 11 is 1.27. The summed E-state index contributed by atoms with van der Waals surface area (Å²) in [6, 6.07) is 1.85. The van der Waals surface area contributed by atoms with E-state index in [1.165, 1.54) is 11.8 Å². The summed E-state index contributed by atoms with van der Waals surface area (Å²) in [7, 11) is 0. The van der Waals surface area contributed by atoms with Crippen molar-refractivity contribution >= 4 is 17.7 Å². The topological polar surface area (TPSA) is 69.9 Å². The molecule has 0 saturated carbocycles. The molecule has 0 radical (unpaired) electrons. The molecule has 0 amide bonds. The Morgan fingerprint density at radius 2 is 2.24 bits per heavy atom. The highest BCUT2D eigenvalue weighted by Crippen LogP contribution is 2.22. The van der Waals surface area contributed by atoms with Crippen molar-refractivity contribution in [2.75, 3.05) is 12.4 Å². The average Bonchev–Trinajstić information content (AvgIpc) is 2.87. The number of carbonyl (C=O) groups is 1. The molecule has 2 aromatic heterocycles. The van der Waals surface area contributed by atoms with Crippen LogP contribution >= 0.6 is 11.8 Å². The van der Waals surface area contributed by atoms with Crippen molar-refractivity contribution in [3.8, 4) is 11.3 Å². The normalized spacial score (nSPS) is 10.6. The molecule has 112 valence electrons. The summed E-state index contributed by atoms with van der Waals surface area (Å²) in [5, 5.41) is 4.97. The van der Waals surface area contributed by atoms with Gasteiger partial charge in [0.15, 0.2) is 5.16 Å². The van der Waals surface area contributed by atoms with Gasteiger partial charge in [-0.1, -0.05) is 11.8 Å². The zero-order chi connectivity index (χ0) is 15.2. The van der Waals surface area contributed by atoms with Crippen molar-refractivity contribution in [2.45, 2.75) is 32.5 Å². The molecule has 2 aromatic rings. The van der Waals surface area contributed by atoms with Crippen LogP contribution in [0.1, 0.15) is 19.5 Å². The van der Waals surface area contributed by atoms with E-state index < -0.39 is 0 Å². The highest BCUT2D eigenvalue weighted by Gasteiger charge is 2.11. The van der Waals surface area contributed by atoms with Crippen LogP contribution in [0, 0.1) is 6.92 Å². The Morgan fingerprint density at radius 3 is 2.90 bits per heavy atom. The second-order valence-electron chi connectivity index (χ2n) is 4.30. The first-order valence-corrected chi connectivity index (χ1v) is 7.78. The van der Waals surface area contributed by atoms with Gasteiger partial charge in [-0.25, -0.2) is 9.97 Å². The Balaban J connectivity index is 2.13. The van der Waals surface area contributed by atoms with Crippen LogP contribution in [0.4, 0.5) is 0 Å². The highest BCUT2D eigenvalue weighted by molar-refractivity contribution is 7.99. The molecule has 0 N–H and O–H groups in total. The molecule has 0 spiro atoms. The van der Waals surface area contributed by atoms with Crippen LogP contribution in [0.3, 0.4) is 0 Å². The van der Waals surface area contributed by atoms with Gasteiger partial charge in [0.05, 0.1) is 23.7 Å². The molecule has 0 aliphatic rings. The fraction of sp³-hybridized carbons (Fsp3) is 0.429. The Hall–Kier alpha value is -1.89. The van der Waals surface area contributed by atoms with Gasteiger partial charge in [-0.2, -0.15) is 5.10 Å². The maximum atomic E-state index is 11.4. The van der Waals surface area contributed by atoms with Crippen LogP contribution in [0.2, 0.25) is 0 Å². The van der Waals surface area contributed by atoms with Gasteiger partial charge >= 0.3 is 5.97 Å². The molecule has 0 aliphatic carbocycles. The predicted octanol–water partition coefficient (Wildman–Crippen LogP) is 2.32. The zero-order valence-corrected chi connectivity index (χ0v) is 13.2. The largest absolute Gasteiger partial charge is 0.465 e. The van der Waals surface area contributed by atoms with E-state index in [2.05, 4.69) is 15.1 Å². The average molecular weight is 306 g/mol. The van der Waals surface area contributed by atoms with Crippen LogP contribution in [0.5, 0.6) is 0 Å². The SMILES string of the molecule is CCOC(=O)CSc1nccc(-c2cn(CC)nc2C)n1. The van der Waals surface area contributed by atoms with Crippen LogP contribution < -0.4 is 0 Å². The van der Waals surface area contributed by atoms with Gasteiger partial charge in [-0.15, -0.1) is 0 Å². The summed E-state index contributed by atoms with van der Waals surface area (Å²) in [5.74, 6) is -0.0451. The Morgan fingerprint density at radius 1 is 1.43 bits per heavy atom. The second-order valence-corrected chi connectivity index (χ2v) is 5.24. The van der Waals surface area contributed by atoms with E-state index in [9.17, 15) is 4.79 Å². The number of thioether (sulfide) groups is 1. The fourth-order valence-corrected chi connectivity index (χ4v) is 2.45. The first kappa shape index (κ1) is 15.5. The van der Waals surface area contributed by atoms with Crippen molar-refractivity contribution in [1.82, 2.24) is 19.7 Å². The minimum absolute atomic E-state index is 0.213. The first-order valence-electron chi connectivity index (χ1n) is 6.80. The molecular formula is C14H18N4O2S. The Bertz CT molecular complexity index is 627. The van der Waals surface area contributed by atoms with Crippen LogP contribution in [-0.2, 0) is 16.1 Å². The Kier molecular flexibility index (Phi) is 5.32. The molecule has 0 unspecified atom stereocenters. The molecule has 2 rings (SSSR count). The summed E-state index contributed by atoms with van der Waals surface area (Å²) < 4.78 is 6.76. The lowest BCUT2D eigenvalue weighted by Gasteiger charge is -2.03. The van der Waals surface area contributed by atoms with Gasteiger partial charge in [-0.3, -0.25) is 9.48 Å². The standard InChI is InChI=1S/C14H18N4O2S/c1-4-18-8-11(10(3)17-18)12-6-7-15-14(16-12)21-9-13(19)20-5-2/h6-8H,4-5,9H2,1-3H3. The molecule has 6 nitrogen and oxygen atoms in total. The number of aromatic nitrogens is 4. The van der Waals surface area contributed by atoms with Gasteiger partial charge in [-0.05, 0) is 26.8 Å². The predicted molar refractivity (Wildman–Crippen MR) is 81.0 cm³/mol. The highest BCUT2D eigenvalue weighted by atomic mass is 32.2. The second kappa shape index (κ2) is 7.21. The number of hydrogen-bond acceptors (Lipinski definition) is 6. The van der Waals surface area contributed by atoms with Gasteiger partial charge in [0.1, 0.15) is 0 Å². The summed E-state index contributed by atoms with van der Waals surface area (Å²) in [6.07, 6.45) is 3.66. The third kappa shape index (κ3) is 4.04. The van der Waals surface area contributed by atoms with Crippen molar-refractivity contribution in [3.63, 3.8) is 0 Å². The maximum absolute atomic E-state index is 11.4. The molecule has 0 fully saturated rings. The van der Waals surface area contributed by atoms with Gasteiger partial charge in [0, 0.05) is 24.5 Å². The van der Waals surface area contributed by atoms with Crippen molar-refractivity contribution < 1.29 is 9.53 Å². The van der Waals surface area contributed by atoms with Crippen molar-refractivity contribution in [3.05, 3.63) is 24.2 Å². The monoisotopic (exact) mass is 306 g/mol. The van der Waals surface area contributed by atoms with E-state index in [1.807, 2.05) is 30.8 Å². The lowest BCUT2D eigenvalue weighted by molar-refractivity contribution is -0.139. The minimum atomic E-state index is -0.258. The zero-order valence-electron chi connectivity index (χ0n) is 12.4. The van der Waals surface area contributed by atoms with Crippen LogP contribution in [0.15, 0.2) is 23.6 Å². The van der Waals surface area contributed by atoms with E-state index in [-0.39, 0.29) is 11.7 Å². The number of rotatable bonds is 6. The number of carbonyl (C=O) groups excluding carboxylic acids is 1. The van der Waals surface area contributed by atoms with E-state index in [0.717, 1.165) is 23.5 Å². The molecule has 2 heterocycles. The molecule has 0 atom stereocenters. The van der Waals surface area contributed by atoms with E-state index in [0.29, 0.717) is 11.8 Å². The summed E-state index contributed by atoms with van der Waals surface area (Å²) in [5.41, 5.74) is 2.72. The minimum Gasteiger partial charge on any atom is -0.465 e. The number of aryl methyl sites for hydroxylation is 2. The number of nitrogens with zero attached hydrogens (tertiary/aromatic N) is 4. The van der Waals surface area contributed by atoms with Crippen LogP contribution in [0.25, 0.3) is 11.3 Å². The molecule has 21 heavy (non-hydrogen) atoms. The molecule has 7 heteroatoms. The van der Waals surface area contributed by atoms with E-state index in [4.69, 9.17) is 4.74 Å². The Labute approximate surface area is 127 Å². The van der Waals surface area contributed by atoms with E-state index >= 15 is 0 Å². The maximum Gasteiger partial charge on any atom is 0.316 e. The molecule has 0 bridgehead atoms. The van der Waals surface area contributed by atoms with Gasteiger partial charge in [0.2, 0.25) is 0 Å². The fourth-order valence-electron chi connectivity index (χ4n) is 1.82. The molecule has 0 saturated heterocycles. The quantitative estimate of drug-likeness (QED) is 0.463. The molecular weight excluding hydrogens is 288 g/mol. The lowest BCUT2D eigenvalue weighted by Crippen LogP contribution is -2.07. The number of esters is 1. The molecule has 0 aliphatic heterocycles. The van der Waals surface area contributed by atoms with Crippen molar-refractivity contribution in [2.24, 2.45) is 0 Å². The lowest BCUT2D eigenvalue weighted by atomic mass is 10.2. The number of hydrogen-bond donors (Lipinski definition) is 0. The smallest absolute Gasteiger partial charge is 0.316 e. The first-order chi connectivity index (χ1) is 10.1. The van der Waals surface area contributed by atoms with Crippen molar-refractivity contribution in [1.29, 1.82) is 0 Å². The third-order valence-corrected chi connectivity index (χ3v) is 3.64.